The number of likely N-dealkylation sites (tertiary alicyclic amines) is 1. The molecule has 1 atom stereocenters. The van der Waals surface area contributed by atoms with Crippen molar-refractivity contribution in [2.45, 2.75) is 31.8 Å². The van der Waals surface area contributed by atoms with E-state index in [0.717, 1.165) is 23.1 Å². The Morgan fingerprint density at radius 1 is 1.41 bits per heavy atom. The number of piperidine rings is 1. The number of hydrogen-bond donors (Lipinski definition) is 0. The number of alkyl halides is 1. The molecule has 0 aliphatic carbocycles. The first-order valence-electron chi connectivity index (χ1n) is 5.94. The van der Waals surface area contributed by atoms with E-state index >= 15 is 0 Å². The van der Waals surface area contributed by atoms with Gasteiger partial charge >= 0.3 is 0 Å². The Kier molecular flexibility index (Phi) is 4.83. The second-order valence-corrected chi connectivity index (χ2v) is 5.67. The van der Waals surface area contributed by atoms with Crippen LogP contribution in [-0.2, 0) is 6.54 Å². The van der Waals surface area contributed by atoms with Crippen molar-refractivity contribution in [1.29, 1.82) is 0 Å². The van der Waals surface area contributed by atoms with Crippen LogP contribution in [0.4, 0.5) is 4.39 Å². The Balaban J connectivity index is 2.08. The molecule has 0 bridgehead atoms. The molecule has 1 aromatic carbocycles. The molecule has 1 heterocycles. The van der Waals surface area contributed by atoms with Crippen molar-refractivity contribution in [3.63, 3.8) is 0 Å². The maximum atomic E-state index is 13.0. The zero-order valence-electron chi connectivity index (χ0n) is 9.63. The third-order valence-electron chi connectivity index (χ3n) is 3.32. The molecule has 2 rings (SSSR count). The Bertz CT molecular complexity index is 386. The van der Waals surface area contributed by atoms with E-state index in [-0.39, 0.29) is 5.82 Å². The molecule has 17 heavy (non-hydrogen) atoms. The summed E-state index contributed by atoms with van der Waals surface area (Å²) in [7, 11) is 0. The first-order valence-corrected chi connectivity index (χ1v) is 7.27. The summed E-state index contributed by atoms with van der Waals surface area (Å²) in [5.41, 5.74) is 1.13. The van der Waals surface area contributed by atoms with Crippen LogP contribution in [0.15, 0.2) is 22.7 Å². The maximum absolute atomic E-state index is 13.0. The molecule has 1 aliphatic heterocycles. The number of benzene rings is 1. The van der Waals surface area contributed by atoms with Gasteiger partial charge in [-0.1, -0.05) is 28.4 Å². The topological polar surface area (TPSA) is 3.24 Å². The fourth-order valence-electron chi connectivity index (χ4n) is 2.31. The van der Waals surface area contributed by atoms with Gasteiger partial charge in [-0.2, -0.15) is 0 Å². The molecule has 94 valence electrons. The number of hydrogen-bond acceptors (Lipinski definition) is 1. The van der Waals surface area contributed by atoms with Gasteiger partial charge in [0.25, 0.3) is 0 Å². The summed E-state index contributed by atoms with van der Waals surface area (Å²) in [6.45, 7) is 1.93. The van der Waals surface area contributed by atoms with Crippen LogP contribution in [0.3, 0.4) is 0 Å². The van der Waals surface area contributed by atoms with Gasteiger partial charge in [-0.15, -0.1) is 11.6 Å². The minimum absolute atomic E-state index is 0.201. The molecule has 0 N–H and O–H groups in total. The molecule has 0 aromatic heterocycles. The molecule has 1 aromatic rings. The Morgan fingerprint density at radius 2 is 2.24 bits per heavy atom. The SMILES string of the molecule is Fc1ccc(CN2CCCCC2CCl)c(Br)c1. The quantitative estimate of drug-likeness (QED) is 0.755. The van der Waals surface area contributed by atoms with Crippen LogP contribution in [0.5, 0.6) is 0 Å². The van der Waals surface area contributed by atoms with Gasteiger partial charge in [0.15, 0.2) is 0 Å². The normalized spacial score (nSPS) is 21.7. The molecule has 1 saturated heterocycles. The van der Waals surface area contributed by atoms with Crippen molar-refractivity contribution in [3.8, 4) is 0 Å². The lowest BCUT2D eigenvalue weighted by atomic mass is 10.0. The summed E-state index contributed by atoms with van der Waals surface area (Å²) in [5, 5.41) is 0. The standard InChI is InChI=1S/C13H16BrClFN/c14-13-7-11(16)5-4-10(13)9-17-6-2-1-3-12(17)8-15/h4-5,7,12H,1-3,6,8-9H2. The highest BCUT2D eigenvalue weighted by atomic mass is 79.9. The van der Waals surface area contributed by atoms with E-state index in [1.807, 2.05) is 6.07 Å². The zero-order chi connectivity index (χ0) is 12.3. The summed E-state index contributed by atoms with van der Waals surface area (Å²) in [6, 6.07) is 5.34. The van der Waals surface area contributed by atoms with Crippen molar-refractivity contribution in [2.75, 3.05) is 12.4 Å². The van der Waals surface area contributed by atoms with Crippen LogP contribution in [0.2, 0.25) is 0 Å². The first-order chi connectivity index (χ1) is 8.20. The van der Waals surface area contributed by atoms with Crippen LogP contribution in [0.25, 0.3) is 0 Å². The van der Waals surface area contributed by atoms with Crippen LogP contribution < -0.4 is 0 Å². The van der Waals surface area contributed by atoms with E-state index in [1.165, 1.54) is 31.4 Å². The van der Waals surface area contributed by atoms with Crippen molar-refractivity contribution < 1.29 is 4.39 Å². The van der Waals surface area contributed by atoms with Gasteiger partial charge in [0, 0.05) is 22.9 Å². The number of nitrogens with zero attached hydrogens (tertiary/aromatic N) is 1. The van der Waals surface area contributed by atoms with Crippen LogP contribution in [0.1, 0.15) is 24.8 Å². The van der Waals surface area contributed by atoms with Gasteiger partial charge in [0.1, 0.15) is 5.82 Å². The summed E-state index contributed by atoms with van der Waals surface area (Å²) in [4.78, 5) is 2.40. The molecule has 0 amide bonds. The second-order valence-electron chi connectivity index (χ2n) is 4.51. The summed E-state index contributed by atoms with van der Waals surface area (Å²) in [6.07, 6.45) is 3.66. The predicted molar refractivity (Wildman–Crippen MR) is 72.9 cm³/mol. The summed E-state index contributed by atoms with van der Waals surface area (Å²) >= 11 is 9.41. The van der Waals surface area contributed by atoms with E-state index in [0.29, 0.717) is 11.9 Å². The highest BCUT2D eigenvalue weighted by Gasteiger charge is 2.22. The molecule has 1 unspecified atom stereocenters. The zero-order valence-corrected chi connectivity index (χ0v) is 12.0. The first kappa shape index (κ1) is 13.3. The van der Waals surface area contributed by atoms with Gasteiger partial charge in [-0.25, -0.2) is 4.39 Å². The molecular weight excluding hydrogens is 305 g/mol. The third-order valence-corrected chi connectivity index (χ3v) is 4.41. The second kappa shape index (κ2) is 6.17. The monoisotopic (exact) mass is 319 g/mol. The lowest BCUT2D eigenvalue weighted by Gasteiger charge is -2.34. The van der Waals surface area contributed by atoms with Gasteiger partial charge < -0.3 is 0 Å². The summed E-state index contributed by atoms with van der Waals surface area (Å²) < 4.78 is 13.8. The maximum Gasteiger partial charge on any atom is 0.124 e. The van der Waals surface area contributed by atoms with Gasteiger partial charge in [-0.05, 0) is 37.1 Å². The third kappa shape index (κ3) is 3.43. The predicted octanol–water partition coefficient (Wildman–Crippen LogP) is 4.18. The van der Waals surface area contributed by atoms with Gasteiger partial charge in [0.05, 0.1) is 0 Å². The van der Waals surface area contributed by atoms with Gasteiger partial charge in [-0.3, -0.25) is 4.90 Å². The molecule has 4 heteroatoms. The Labute approximate surface area is 115 Å². The van der Waals surface area contributed by atoms with Crippen LogP contribution in [0, 0.1) is 5.82 Å². The molecule has 0 saturated carbocycles. The Morgan fingerprint density at radius 3 is 2.94 bits per heavy atom. The fraction of sp³-hybridized carbons (Fsp3) is 0.538. The largest absolute Gasteiger partial charge is 0.295 e. The van der Waals surface area contributed by atoms with E-state index in [2.05, 4.69) is 20.8 Å². The molecule has 1 fully saturated rings. The van der Waals surface area contributed by atoms with Crippen molar-refractivity contribution >= 4 is 27.5 Å². The van der Waals surface area contributed by atoms with E-state index < -0.39 is 0 Å². The minimum Gasteiger partial charge on any atom is -0.295 e. The lowest BCUT2D eigenvalue weighted by Crippen LogP contribution is -2.40. The average molecular weight is 321 g/mol. The molecular formula is C13H16BrClFN. The molecule has 1 aliphatic rings. The highest BCUT2D eigenvalue weighted by Crippen LogP contribution is 2.24. The smallest absolute Gasteiger partial charge is 0.124 e. The van der Waals surface area contributed by atoms with E-state index in [9.17, 15) is 4.39 Å². The van der Waals surface area contributed by atoms with E-state index in [4.69, 9.17) is 11.6 Å². The van der Waals surface area contributed by atoms with Crippen molar-refractivity contribution in [2.24, 2.45) is 0 Å². The van der Waals surface area contributed by atoms with Crippen molar-refractivity contribution in [1.82, 2.24) is 4.90 Å². The van der Waals surface area contributed by atoms with Crippen molar-refractivity contribution in [3.05, 3.63) is 34.1 Å². The van der Waals surface area contributed by atoms with Crippen LogP contribution >= 0.6 is 27.5 Å². The summed E-state index contributed by atoms with van der Waals surface area (Å²) in [5.74, 6) is 0.479. The van der Waals surface area contributed by atoms with E-state index in [1.54, 1.807) is 0 Å². The Hall–Kier alpha value is -0.120. The van der Waals surface area contributed by atoms with Crippen LogP contribution in [-0.4, -0.2) is 23.4 Å². The molecule has 1 nitrogen and oxygen atoms in total. The molecule has 0 radical (unpaired) electrons. The number of rotatable bonds is 3. The molecule has 0 spiro atoms. The minimum atomic E-state index is -0.201. The highest BCUT2D eigenvalue weighted by molar-refractivity contribution is 9.10. The lowest BCUT2D eigenvalue weighted by molar-refractivity contribution is 0.154. The number of halogens is 3. The average Bonchev–Trinajstić information content (AvgIpc) is 2.33. The van der Waals surface area contributed by atoms with Gasteiger partial charge in [0.2, 0.25) is 0 Å². The fourth-order valence-corrected chi connectivity index (χ4v) is 3.14.